The average Bonchev–Trinajstić information content (AvgIpc) is 2.88. The number of aliphatic hydroxyl groups is 1. The molecule has 1 aliphatic heterocycles. The molecular formula is C10H18O4. The van der Waals surface area contributed by atoms with E-state index >= 15 is 0 Å². The summed E-state index contributed by atoms with van der Waals surface area (Å²) in [4.78, 5) is 10.7. The fourth-order valence-electron chi connectivity index (χ4n) is 0.417. The molecule has 0 radical (unpaired) electrons. The van der Waals surface area contributed by atoms with Gasteiger partial charge in [0.1, 0.15) is 6.10 Å². The van der Waals surface area contributed by atoms with Crippen LogP contribution in [0.3, 0.4) is 0 Å². The van der Waals surface area contributed by atoms with Gasteiger partial charge in [-0.1, -0.05) is 6.58 Å². The van der Waals surface area contributed by atoms with Crippen molar-refractivity contribution in [2.24, 2.45) is 0 Å². The predicted octanol–water partition coefficient (Wildman–Crippen LogP) is 0.892. The molecule has 1 fully saturated rings. The van der Waals surface area contributed by atoms with E-state index in [4.69, 9.17) is 9.84 Å². The Labute approximate surface area is 84.5 Å². The SMILES string of the molecule is C=C(C)C(=O)OC(C)CO.CC1CO1. The summed E-state index contributed by atoms with van der Waals surface area (Å²) in [6.07, 6.45) is 0.143. The summed E-state index contributed by atoms with van der Waals surface area (Å²) < 4.78 is 9.38. The molecule has 1 saturated heterocycles. The number of hydrogen-bond acceptors (Lipinski definition) is 4. The average molecular weight is 202 g/mol. The molecule has 1 heterocycles. The Hall–Kier alpha value is -0.870. The fourth-order valence-corrected chi connectivity index (χ4v) is 0.417. The summed E-state index contributed by atoms with van der Waals surface area (Å²) >= 11 is 0. The lowest BCUT2D eigenvalue weighted by Crippen LogP contribution is -2.18. The van der Waals surface area contributed by atoms with Crippen molar-refractivity contribution in [3.63, 3.8) is 0 Å². The number of aliphatic hydroxyl groups excluding tert-OH is 1. The van der Waals surface area contributed by atoms with E-state index in [2.05, 4.69) is 18.2 Å². The highest BCUT2D eigenvalue weighted by molar-refractivity contribution is 5.87. The van der Waals surface area contributed by atoms with Gasteiger partial charge in [-0.15, -0.1) is 0 Å². The van der Waals surface area contributed by atoms with E-state index in [1.165, 1.54) is 0 Å². The molecule has 0 saturated carbocycles. The number of carbonyl (C=O) groups is 1. The number of esters is 1. The molecule has 2 atom stereocenters. The lowest BCUT2D eigenvalue weighted by molar-refractivity contribution is -0.145. The molecule has 0 spiro atoms. The second-order valence-corrected chi connectivity index (χ2v) is 3.32. The normalized spacial score (nSPS) is 20.1. The van der Waals surface area contributed by atoms with E-state index in [0.29, 0.717) is 11.7 Å². The summed E-state index contributed by atoms with van der Waals surface area (Å²) in [7, 11) is 0. The molecule has 0 bridgehead atoms. The number of epoxide rings is 1. The second kappa shape index (κ2) is 6.56. The van der Waals surface area contributed by atoms with Crippen LogP contribution in [-0.4, -0.2) is 36.5 Å². The van der Waals surface area contributed by atoms with Crippen molar-refractivity contribution in [1.29, 1.82) is 0 Å². The van der Waals surface area contributed by atoms with Crippen molar-refractivity contribution in [2.75, 3.05) is 13.2 Å². The molecule has 82 valence electrons. The maximum Gasteiger partial charge on any atom is 0.333 e. The van der Waals surface area contributed by atoms with Crippen molar-refractivity contribution in [3.05, 3.63) is 12.2 Å². The van der Waals surface area contributed by atoms with E-state index in [1.807, 2.05) is 0 Å². The van der Waals surface area contributed by atoms with Gasteiger partial charge >= 0.3 is 5.97 Å². The highest BCUT2D eigenvalue weighted by Crippen LogP contribution is 2.04. The predicted molar refractivity (Wildman–Crippen MR) is 52.9 cm³/mol. The van der Waals surface area contributed by atoms with Gasteiger partial charge in [0.25, 0.3) is 0 Å². The molecule has 0 aromatic carbocycles. The van der Waals surface area contributed by atoms with Crippen LogP contribution in [0.15, 0.2) is 12.2 Å². The minimum Gasteiger partial charge on any atom is -0.457 e. The molecule has 0 amide bonds. The smallest absolute Gasteiger partial charge is 0.333 e. The lowest BCUT2D eigenvalue weighted by Gasteiger charge is -2.08. The number of ether oxygens (including phenoxy) is 2. The van der Waals surface area contributed by atoms with Gasteiger partial charge in [-0.25, -0.2) is 4.79 Å². The third-order valence-electron chi connectivity index (χ3n) is 1.41. The van der Waals surface area contributed by atoms with Gasteiger partial charge in [-0.05, 0) is 20.8 Å². The number of rotatable bonds is 3. The van der Waals surface area contributed by atoms with Crippen LogP contribution < -0.4 is 0 Å². The Morgan fingerprint density at radius 2 is 2.21 bits per heavy atom. The Morgan fingerprint density at radius 1 is 1.79 bits per heavy atom. The Kier molecular flexibility index (Phi) is 6.16. The van der Waals surface area contributed by atoms with Crippen LogP contribution in [0.25, 0.3) is 0 Å². The zero-order valence-corrected chi connectivity index (χ0v) is 8.95. The Balaban J connectivity index is 0.000000344. The monoisotopic (exact) mass is 202 g/mol. The standard InChI is InChI=1S/C7H12O3.C3H6O/c1-5(2)7(9)10-6(3)4-8;1-3-2-4-3/h6,8H,1,4H2,2-3H3;3H,2H2,1H3. The van der Waals surface area contributed by atoms with Crippen molar-refractivity contribution in [2.45, 2.75) is 33.0 Å². The number of hydrogen-bond donors (Lipinski definition) is 1. The molecule has 14 heavy (non-hydrogen) atoms. The van der Waals surface area contributed by atoms with Crippen molar-refractivity contribution in [1.82, 2.24) is 0 Å². The summed E-state index contributed by atoms with van der Waals surface area (Å²) in [6.45, 7) is 9.45. The van der Waals surface area contributed by atoms with Gasteiger partial charge in [-0.2, -0.15) is 0 Å². The molecule has 0 aliphatic carbocycles. The molecule has 1 N–H and O–H groups in total. The van der Waals surface area contributed by atoms with E-state index in [0.717, 1.165) is 6.61 Å². The van der Waals surface area contributed by atoms with Gasteiger partial charge in [0, 0.05) is 5.57 Å². The van der Waals surface area contributed by atoms with Crippen LogP contribution in [0.5, 0.6) is 0 Å². The molecule has 2 unspecified atom stereocenters. The Bertz CT molecular complexity index is 196. The lowest BCUT2D eigenvalue weighted by atomic mass is 10.3. The van der Waals surface area contributed by atoms with E-state index in [1.54, 1.807) is 13.8 Å². The quantitative estimate of drug-likeness (QED) is 0.419. The zero-order chi connectivity index (χ0) is 11.1. The molecular weight excluding hydrogens is 184 g/mol. The van der Waals surface area contributed by atoms with Gasteiger partial charge in [0.05, 0.1) is 19.3 Å². The van der Waals surface area contributed by atoms with E-state index < -0.39 is 12.1 Å². The van der Waals surface area contributed by atoms with Gasteiger partial charge < -0.3 is 14.6 Å². The van der Waals surface area contributed by atoms with Crippen molar-refractivity contribution < 1.29 is 19.4 Å². The maximum atomic E-state index is 10.7. The van der Waals surface area contributed by atoms with Crippen LogP contribution in [0, 0.1) is 0 Å². The van der Waals surface area contributed by atoms with Gasteiger partial charge in [-0.3, -0.25) is 0 Å². The molecule has 1 rings (SSSR count). The first kappa shape index (κ1) is 13.1. The van der Waals surface area contributed by atoms with Crippen LogP contribution >= 0.6 is 0 Å². The molecule has 4 nitrogen and oxygen atoms in total. The summed E-state index contributed by atoms with van der Waals surface area (Å²) in [5, 5.41) is 8.46. The molecule has 4 heteroatoms. The minimum atomic E-state index is -0.457. The topological polar surface area (TPSA) is 59.1 Å². The number of carbonyl (C=O) groups excluding carboxylic acids is 1. The first-order chi connectivity index (χ1) is 6.47. The highest BCUT2D eigenvalue weighted by atomic mass is 16.6. The fraction of sp³-hybridized carbons (Fsp3) is 0.700. The minimum absolute atomic E-state index is 0.154. The summed E-state index contributed by atoms with van der Waals surface area (Å²) in [5.41, 5.74) is 0.347. The summed E-state index contributed by atoms with van der Waals surface area (Å²) in [5.74, 6) is -0.457. The van der Waals surface area contributed by atoms with Crippen molar-refractivity contribution in [3.8, 4) is 0 Å². The van der Waals surface area contributed by atoms with Crippen LogP contribution in [0.1, 0.15) is 20.8 Å². The van der Waals surface area contributed by atoms with Crippen LogP contribution in [0.2, 0.25) is 0 Å². The molecule has 0 aromatic rings. The van der Waals surface area contributed by atoms with Crippen molar-refractivity contribution >= 4 is 5.97 Å². The zero-order valence-electron chi connectivity index (χ0n) is 8.95. The van der Waals surface area contributed by atoms with Gasteiger partial charge in [0.2, 0.25) is 0 Å². The third-order valence-corrected chi connectivity index (χ3v) is 1.41. The Morgan fingerprint density at radius 3 is 2.43 bits per heavy atom. The molecule has 0 aromatic heterocycles. The molecule has 1 aliphatic rings. The van der Waals surface area contributed by atoms with E-state index in [9.17, 15) is 4.79 Å². The second-order valence-electron chi connectivity index (χ2n) is 3.32. The highest BCUT2D eigenvalue weighted by Gasteiger charge is 2.13. The largest absolute Gasteiger partial charge is 0.457 e. The van der Waals surface area contributed by atoms with E-state index in [-0.39, 0.29) is 6.61 Å². The van der Waals surface area contributed by atoms with Crippen LogP contribution in [0.4, 0.5) is 0 Å². The third kappa shape index (κ3) is 7.76. The first-order valence-electron chi connectivity index (χ1n) is 4.56. The summed E-state index contributed by atoms with van der Waals surface area (Å²) in [6, 6.07) is 0. The first-order valence-corrected chi connectivity index (χ1v) is 4.56. The van der Waals surface area contributed by atoms with Gasteiger partial charge in [0.15, 0.2) is 0 Å². The maximum absolute atomic E-state index is 10.7. The van der Waals surface area contributed by atoms with Crippen LogP contribution in [-0.2, 0) is 14.3 Å².